The third kappa shape index (κ3) is 4.37. The molecule has 1 amide bonds. The van der Waals surface area contributed by atoms with Gasteiger partial charge < -0.3 is 14.6 Å². The molecule has 0 radical (unpaired) electrons. The number of aromatic nitrogens is 1. The zero-order chi connectivity index (χ0) is 17.2. The van der Waals surface area contributed by atoms with Gasteiger partial charge in [0.15, 0.2) is 11.9 Å². The molecule has 2 aromatic rings. The molecular formula is C12H13N3O6S2. The van der Waals surface area contributed by atoms with Crippen LogP contribution in [0.3, 0.4) is 0 Å². The number of hydrogen-bond acceptors (Lipinski definition) is 8. The average molecular weight is 359 g/mol. The van der Waals surface area contributed by atoms with Crippen molar-refractivity contribution in [2.75, 3.05) is 5.32 Å². The summed E-state index contributed by atoms with van der Waals surface area (Å²) in [5.74, 6) is -0.732. The highest BCUT2D eigenvalue weighted by molar-refractivity contribution is 7.91. The first-order valence-electron chi connectivity index (χ1n) is 6.23. The van der Waals surface area contributed by atoms with Crippen LogP contribution in [0.4, 0.5) is 5.82 Å². The Bertz CT molecular complexity index is 839. The number of carbonyl (C=O) groups excluding carboxylic acids is 2. The third-order valence-electron chi connectivity index (χ3n) is 2.62. The highest BCUT2D eigenvalue weighted by atomic mass is 32.2. The van der Waals surface area contributed by atoms with E-state index >= 15 is 0 Å². The number of esters is 1. The predicted octanol–water partition coefficient (Wildman–Crippen LogP) is 0.876. The van der Waals surface area contributed by atoms with Gasteiger partial charge in [0, 0.05) is 11.4 Å². The van der Waals surface area contributed by atoms with E-state index < -0.39 is 28.0 Å². The highest BCUT2D eigenvalue weighted by Crippen LogP contribution is 2.20. The number of ether oxygens (including phenoxy) is 1. The van der Waals surface area contributed by atoms with Crippen LogP contribution < -0.4 is 10.5 Å². The monoisotopic (exact) mass is 359 g/mol. The van der Waals surface area contributed by atoms with Crippen LogP contribution >= 0.6 is 11.3 Å². The predicted molar refractivity (Wildman–Crippen MR) is 80.4 cm³/mol. The van der Waals surface area contributed by atoms with Crippen molar-refractivity contribution >= 4 is 39.1 Å². The molecule has 1 atom stereocenters. The fourth-order valence-corrected chi connectivity index (χ4v) is 3.08. The molecule has 0 fully saturated rings. The van der Waals surface area contributed by atoms with Gasteiger partial charge in [-0.15, -0.1) is 11.3 Å². The summed E-state index contributed by atoms with van der Waals surface area (Å²) in [7, 11) is -3.89. The first-order valence-corrected chi connectivity index (χ1v) is 8.66. The zero-order valence-electron chi connectivity index (χ0n) is 12.1. The van der Waals surface area contributed by atoms with Crippen LogP contribution in [-0.4, -0.2) is 31.6 Å². The maximum Gasteiger partial charge on any atom is 0.339 e. The van der Waals surface area contributed by atoms with Crippen molar-refractivity contribution < 1.29 is 27.3 Å². The Morgan fingerprint density at radius 3 is 2.65 bits per heavy atom. The molecule has 2 heterocycles. The molecule has 0 aliphatic carbocycles. The fraction of sp³-hybridized carbons (Fsp3) is 0.250. The summed E-state index contributed by atoms with van der Waals surface area (Å²) in [5, 5.41) is 12.2. The number of hydrogen-bond donors (Lipinski definition) is 2. The molecule has 0 spiro atoms. The Labute approximate surface area is 135 Å². The molecule has 11 heteroatoms. The lowest BCUT2D eigenvalue weighted by Crippen LogP contribution is -2.30. The quantitative estimate of drug-likeness (QED) is 0.754. The number of nitrogens with one attached hydrogen (secondary N) is 1. The van der Waals surface area contributed by atoms with Gasteiger partial charge in [-0.25, -0.2) is 18.4 Å². The number of sulfonamides is 1. The van der Waals surface area contributed by atoms with E-state index in [1.807, 2.05) is 0 Å². The van der Waals surface area contributed by atoms with E-state index in [1.54, 1.807) is 6.92 Å². The molecule has 0 bridgehead atoms. The molecule has 23 heavy (non-hydrogen) atoms. The summed E-state index contributed by atoms with van der Waals surface area (Å²) in [4.78, 5) is 23.8. The minimum atomic E-state index is -3.89. The Balaban J connectivity index is 1.99. The van der Waals surface area contributed by atoms with Gasteiger partial charge in [0.25, 0.3) is 5.91 Å². The molecule has 2 rings (SSSR count). The van der Waals surface area contributed by atoms with Crippen molar-refractivity contribution in [1.29, 1.82) is 0 Å². The summed E-state index contributed by atoms with van der Waals surface area (Å²) in [6, 6.07) is 2.59. The van der Waals surface area contributed by atoms with Crippen LogP contribution in [0.2, 0.25) is 0 Å². The summed E-state index contributed by atoms with van der Waals surface area (Å²) in [6.07, 6.45) is -1.11. The lowest BCUT2D eigenvalue weighted by atomic mass is 10.3. The van der Waals surface area contributed by atoms with Gasteiger partial charge in [0.1, 0.15) is 9.97 Å². The third-order valence-corrected chi connectivity index (χ3v) is 5.01. The number of anilines is 1. The van der Waals surface area contributed by atoms with Gasteiger partial charge in [-0.1, -0.05) is 5.16 Å². The molecule has 0 aliphatic heterocycles. The summed E-state index contributed by atoms with van der Waals surface area (Å²) in [6.45, 7) is 3.03. The van der Waals surface area contributed by atoms with E-state index in [0.717, 1.165) is 17.4 Å². The van der Waals surface area contributed by atoms with Crippen molar-refractivity contribution in [3.05, 3.63) is 28.8 Å². The van der Waals surface area contributed by atoms with Crippen molar-refractivity contribution in [1.82, 2.24) is 5.16 Å². The standard InChI is InChI=1S/C12H13N3O6S2/c1-6-3-9(15-21-6)14-11(16)7(2)20-12(17)8-4-10(22-5-8)23(13,18)19/h3-5,7H,1-2H3,(H2,13,18,19)(H,14,15,16). The topological polar surface area (TPSA) is 142 Å². The van der Waals surface area contributed by atoms with Gasteiger partial charge in [0.05, 0.1) is 5.56 Å². The number of primary sulfonamides is 1. The van der Waals surface area contributed by atoms with Crippen LogP contribution in [-0.2, 0) is 19.6 Å². The highest BCUT2D eigenvalue weighted by Gasteiger charge is 2.22. The van der Waals surface area contributed by atoms with Crippen LogP contribution in [0.25, 0.3) is 0 Å². The zero-order valence-corrected chi connectivity index (χ0v) is 13.7. The van der Waals surface area contributed by atoms with Crippen molar-refractivity contribution in [2.45, 2.75) is 24.2 Å². The molecule has 1 unspecified atom stereocenters. The molecule has 0 saturated carbocycles. The maximum atomic E-state index is 11.9. The normalized spacial score (nSPS) is 12.7. The van der Waals surface area contributed by atoms with Gasteiger partial charge in [-0.3, -0.25) is 4.79 Å². The van der Waals surface area contributed by atoms with Crippen molar-refractivity contribution in [2.24, 2.45) is 5.14 Å². The number of nitrogens with zero attached hydrogens (tertiary/aromatic N) is 1. The van der Waals surface area contributed by atoms with Gasteiger partial charge in [-0.2, -0.15) is 0 Å². The average Bonchev–Trinajstić information content (AvgIpc) is 3.07. The SMILES string of the molecule is Cc1cc(NC(=O)C(C)OC(=O)c2csc(S(N)(=O)=O)c2)no1. The molecule has 124 valence electrons. The Hall–Kier alpha value is -2.24. The first kappa shape index (κ1) is 17.1. The largest absolute Gasteiger partial charge is 0.449 e. The molecule has 0 aliphatic rings. The lowest BCUT2D eigenvalue weighted by Gasteiger charge is -2.11. The van der Waals surface area contributed by atoms with E-state index in [4.69, 9.17) is 14.4 Å². The molecular weight excluding hydrogens is 346 g/mol. The fourth-order valence-electron chi connectivity index (χ4n) is 1.51. The van der Waals surface area contributed by atoms with E-state index in [9.17, 15) is 18.0 Å². The summed E-state index contributed by atoms with van der Waals surface area (Å²) < 4.78 is 31.9. The lowest BCUT2D eigenvalue weighted by molar-refractivity contribution is -0.123. The smallest absolute Gasteiger partial charge is 0.339 e. The Morgan fingerprint density at radius 1 is 1.43 bits per heavy atom. The van der Waals surface area contributed by atoms with E-state index in [-0.39, 0.29) is 15.6 Å². The van der Waals surface area contributed by atoms with Crippen LogP contribution in [0.1, 0.15) is 23.0 Å². The molecule has 0 aromatic carbocycles. The molecule has 3 N–H and O–H groups in total. The van der Waals surface area contributed by atoms with Gasteiger partial charge >= 0.3 is 5.97 Å². The number of nitrogens with two attached hydrogens (primary N) is 1. The molecule has 9 nitrogen and oxygen atoms in total. The van der Waals surface area contributed by atoms with Crippen LogP contribution in [0.5, 0.6) is 0 Å². The number of thiophene rings is 1. The van der Waals surface area contributed by atoms with Gasteiger partial charge in [0.2, 0.25) is 10.0 Å². The number of carbonyl (C=O) groups is 2. The van der Waals surface area contributed by atoms with E-state index in [1.165, 1.54) is 18.4 Å². The minimum Gasteiger partial charge on any atom is -0.449 e. The second-order valence-corrected chi connectivity index (χ2v) is 7.26. The van der Waals surface area contributed by atoms with Crippen molar-refractivity contribution in [3.8, 4) is 0 Å². The number of aryl methyl sites for hydroxylation is 1. The molecule has 2 aromatic heterocycles. The van der Waals surface area contributed by atoms with E-state index in [2.05, 4.69) is 10.5 Å². The van der Waals surface area contributed by atoms with Crippen molar-refractivity contribution in [3.63, 3.8) is 0 Å². The second-order valence-electron chi connectivity index (χ2n) is 4.56. The van der Waals surface area contributed by atoms with Crippen LogP contribution in [0.15, 0.2) is 26.2 Å². The first-order chi connectivity index (χ1) is 10.7. The van der Waals surface area contributed by atoms with E-state index in [0.29, 0.717) is 5.76 Å². The Morgan fingerprint density at radius 2 is 2.13 bits per heavy atom. The summed E-state index contributed by atoms with van der Waals surface area (Å²) in [5.41, 5.74) is -0.00374. The number of amides is 1. The minimum absolute atomic E-state index is 0.00374. The van der Waals surface area contributed by atoms with Gasteiger partial charge in [-0.05, 0) is 19.9 Å². The van der Waals surface area contributed by atoms with Crippen LogP contribution in [0, 0.1) is 6.92 Å². The summed E-state index contributed by atoms with van der Waals surface area (Å²) >= 11 is 0.789. The number of rotatable bonds is 5. The molecule has 0 saturated heterocycles. The maximum absolute atomic E-state index is 11.9. The second kappa shape index (κ2) is 6.48. The Kier molecular flexibility index (Phi) is 4.82.